The maximum Gasteiger partial charge on any atom is 0.249 e. The summed E-state index contributed by atoms with van der Waals surface area (Å²) in [4.78, 5) is -1.55. The summed E-state index contributed by atoms with van der Waals surface area (Å²) in [5.74, 6) is -7.23. The van der Waals surface area contributed by atoms with Gasteiger partial charge < -0.3 is 5.32 Å². The fourth-order valence-corrected chi connectivity index (χ4v) is 4.83. The van der Waals surface area contributed by atoms with Crippen molar-refractivity contribution in [3.8, 4) is 0 Å². The van der Waals surface area contributed by atoms with Crippen molar-refractivity contribution in [3.05, 3.63) is 29.3 Å². The SMILES string of the molecule is O=S(=O)(c1c(F)c(F)cc(F)c1F)N1CCC2(CCNC2)C1. The summed E-state index contributed by atoms with van der Waals surface area (Å²) in [6.07, 6.45) is 1.29. The minimum atomic E-state index is -4.63. The van der Waals surface area contributed by atoms with Crippen LogP contribution >= 0.6 is 0 Å². The number of nitrogens with zero attached hydrogens (tertiary/aromatic N) is 1. The molecule has 0 aromatic heterocycles. The van der Waals surface area contributed by atoms with Crippen LogP contribution in [0.1, 0.15) is 12.8 Å². The topological polar surface area (TPSA) is 49.4 Å². The van der Waals surface area contributed by atoms with Gasteiger partial charge in [0.25, 0.3) is 0 Å². The van der Waals surface area contributed by atoms with E-state index in [2.05, 4.69) is 5.32 Å². The number of benzene rings is 1. The van der Waals surface area contributed by atoms with Crippen molar-refractivity contribution in [2.75, 3.05) is 26.2 Å². The van der Waals surface area contributed by atoms with E-state index in [4.69, 9.17) is 0 Å². The van der Waals surface area contributed by atoms with Crippen molar-refractivity contribution >= 4 is 10.0 Å². The summed E-state index contributed by atoms with van der Waals surface area (Å²) in [6, 6.07) is -0.00392. The standard InChI is InChI=1S/C13H14F4N2O2S/c14-8-5-9(15)11(17)12(10(8)16)22(20,21)19-4-2-13(7-19)1-3-18-6-13/h5,18H,1-4,6-7H2. The van der Waals surface area contributed by atoms with Gasteiger partial charge in [-0.3, -0.25) is 0 Å². The van der Waals surface area contributed by atoms with Gasteiger partial charge >= 0.3 is 0 Å². The molecule has 2 fully saturated rings. The van der Waals surface area contributed by atoms with Crippen LogP contribution in [0.2, 0.25) is 0 Å². The highest BCUT2D eigenvalue weighted by atomic mass is 32.2. The number of hydrogen-bond acceptors (Lipinski definition) is 3. The zero-order valence-corrected chi connectivity index (χ0v) is 12.3. The van der Waals surface area contributed by atoms with Crippen LogP contribution in [-0.2, 0) is 10.0 Å². The van der Waals surface area contributed by atoms with E-state index in [0.29, 0.717) is 13.0 Å². The zero-order chi connectivity index (χ0) is 16.1. The Morgan fingerprint density at radius 2 is 1.73 bits per heavy atom. The molecule has 2 saturated heterocycles. The van der Waals surface area contributed by atoms with Gasteiger partial charge in [-0.2, -0.15) is 4.31 Å². The van der Waals surface area contributed by atoms with Crippen LogP contribution in [0.3, 0.4) is 0 Å². The van der Waals surface area contributed by atoms with Crippen LogP contribution in [-0.4, -0.2) is 38.9 Å². The molecule has 0 saturated carbocycles. The Balaban J connectivity index is 2.01. The third-order valence-corrected chi connectivity index (χ3v) is 6.27. The molecule has 2 aliphatic rings. The van der Waals surface area contributed by atoms with Gasteiger partial charge in [0.05, 0.1) is 0 Å². The molecule has 3 rings (SSSR count). The first kappa shape index (κ1) is 15.7. The summed E-state index contributed by atoms with van der Waals surface area (Å²) in [6.45, 7) is 1.51. The lowest BCUT2D eigenvalue weighted by Gasteiger charge is -2.23. The predicted octanol–water partition coefficient (Wildman–Crippen LogP) is 1.62. The van der Waals surface area contributed by atoms with Crippen molar-refractivity contribution < 1.29 is 26.0 Å². The second kappa shape index (κ2) is 5.17. The van der Waals surface area contributed by atoms with Crippen LogP contribution in [0.5, 0.6) is 0 Å². The Morgan fingerprint density at radius 1 is 1.09 bits per heavy atom. The molecule has 1 aromatic carbocycles. The van der Waals surface area contributed by atoms with Crippen molar-refractivity contribution in [2.24, 2.45) is 5.41 Å². The van der Waals surface area contributed by atoms with E-state index < -0.39 is 38.2 Å². The highest BCUT2D eigenvalue weighted by Gasteiger charge is 2.46. The fraction of sp³-hybridized carbons (Fsp3) is 0.538. The quantitative estimate of drug-likeness (QED) is 0.659. The first-order valence-corrected chi connectivity index (χ1v) is 8.25. The van der Waals surface area contributed by atoms with Gasteiger partial charge in [-0.25, -0.2) is 26.0 Å². The Bertz CT molecular complexity index is 691. The molecule has 4 nitrogen and oxygen atoms in total. The maximum absolute atomic E-state index is 13.8. The van der Waals surface area contributed by atoms with E-state index in [9.17, 15) is 26.0 Å². The molecule has 2 aliphatic heterocycles. The van der Waals surface area contributed by atoms with Crippen molar-refractivity contribution in [1.29, 1.82) is 0 Å². The number of nitrogens with one attached hydrogen (secondary N) is 1. The van der Waals surface area contributed by atoms with Crippen molar-refractivity contribution in [1.82, 2.24) is 9.62 Å². The van der Waals surface area contributed by atoms with Gasteiger partial charge in [0.15, 0.2) is 28.2 Å². The third-order valence-electron chi connectivity index (χ3n) is 4.40. The molecule has 0 bridgehead atoms. The Kier molecular flexibility index (Phi) is 3.69. The summed E-state index contributed by atoms with van der Waals surface area (Å²) < 4.78 is 79.8. The van der Waals surface area contributed by atoms with E-state index >= 15 is 0 Å². The smallest absolute Gasteiger partial charge is 0.249 e. The summed E-state index contributed by atoms with van der Waals surface area (Å²) in [5, 5.41) is 3.12. The molecule has 1 atom stereocenters. The molecule has 122 valence electrons. The molecular formula is C13H14F4N2O2S. The summed E-state index contributed by atoms with van der Waals surface area (Å²) >= 11 is 0. The second-order valence-corrected chi connectivity index (χ2v) is 7.69. The zero-order valence-electron chi connectivity index (χ0n) is 11.5. The Morgan fingerprint density at radius 3 is 2.27 bits per heavy atom. The van der Waals surface area contributed by atoms with E-state index in [0.717, 1.165) is 17.3 Å². The molecule has 2 heterocycles. The largest absolute Gasteiger partial charge is 0.316 e. The van der Waals surface area contributed by atoms with Crippen LogP contribution < -0.4 is 5.32 Å². The van der Waals surface area contributed by atoms with Gasteiger partial charge in [0, 0.05) is 25.7 Å². The number of rotatable bonds is 2. The number of sulfonamides is 1. The molecule has 22 heavy (non-hydrogen) atoms. The van der Waals surface area contributed by atoms with Crippen LogP contribution in [0.4, 0.5) is 17.6 Å². The normalized spacial score (nSPS) is 26.2. The first-order chi connectivity index (χ1) is 10.3. The minimum Gasteiger partial charge on any atom is -0.316 e. The van der Waals surface area contributed by atoms with Crippen LogP contribution in [0, 0.1) is 28.7 Å². The van der Waals surface area contributed by atoms with Gasteiger partial charge in [0.2, 0.25) is 10.0 Å². The van der Waals surface area contributed by atoms with E-state index in [1.807, 2.05) is 0 Å². The van der Waals surface area contributed by atoms with Gasteiger partial charge in [-0.05, 0) is 24.8 Å². The Labute approximate surface area is 125 Å². The highest BCUT2D eigenvalue weighted by molar-refractivity contribution is 7.89. The molecule has 1 N–H and O–H groups in total. The monoisotopic (exact) mass is 338 g/mol. The fourth-order valence-electron chi connectivity index (χ4n) is 3.15. The first-order valence-electron chi connectivity index (χ1n) is 6.81. The van der Waals surface area contributed by atoms with Crippen molar-refractivity contribution in [3.63, 3.8) is 0 Å². The third kappa shape index (κ3) is 2.31. The van der Waals surface area contributed by atoms with Crippen LogP contribution in [0.15, 0.2) is 11.0 Å². The van der Waals surface area contributed by atoms with Gasteiger partial charge in [-0.1, -0.05) is 0 Å². The molecular weight excluding hydrogens is 324 g/mol. The second-order valence-electron chi connectivity index (χ2n) is 5.81. The maximum atomic E-state index is 13.8. The molecule has 9 heteroatoms. The lowest BCUT2D eigenvalue weighted by molar-refractivity contribution is 0.335. The van der Waals surface area contributed by atoms with Crippen LogP contribution in [0.25, 0.3) is 0 Å². The molecule has 0 radical (unpaired) electrons. The molecule has 1 spiro atoms. The predicted molar refractivity (Wildman–Crippen MR) is 69.6 cm³/mol. The molecule has 0 aliphatic carbocycles. The van der Waals surface area contributed by atoms with E-state index in [1.54, 1.807) is 0 Å². The lowest BCUT2D eigenvalue weighted by atomic mass is 9.87. The van der Waals surface area contributed by atoms with Crippen molar-refractivity contribution in [2.45, 2.75) is 17.7 Å². The average Bonchev–Trinajstić information content (AvgIpc) is 3.08. The number of hydrogen-bond donors (Lipinski definition) is 1. The highest BCUT2D eigenvalue weighted by Crippen LogP contribution is 2.39. The van der Waals surface area contributed by atoms with Gasteiger partial charge in [0.1, 0.15) is 0 Å². The number of halogens is 4. The van der Waals surface area contributed by atoms with E-state index in [-0.39, 0.29) is 24.6 Å². The summed E-state index contributed by atoms with van der Waals surface area (Å²) in [7, 11) is -4.63. The lowest BCUT2D eigenvalue weighted by Crippen LogP contribution is -2.34. The minimum absolute atomic E-state index is 0.00392. The average molecular weight is 338 g/mol. The molecule has 1 aromatic rings. The Hall–Kier alpha value is -1.19. The van der Waals surface area contributed by atoms with E-state index in [1.165, 1.54) is 0 Å². The molecule has 0 amide bonds. The van der Waals surface area contributed by atoms with Gasteiger partial charge in [-0.15, -0.1) is 0 Å². The summed E-state index contributed by atoms with van der Waals surface area (Å²) in [5.41, 5.74) is -0.272. The molecule has 1 unspecified atom stereocenters.